The molecule has 0 spiro atoms. The van der Waals surface area contributed by atoms with E-state index >= 15 is 0 Å². The first-order valence-corrected chi connectivity index (χ1v) is 4.15. The van der Waals surface area contributed by atoms with Crippen molar-refractivity contribution in [3.05, 3.63) is 30.1 Å². The maximum absolute atomic E-state index is 12.9. The van der Waals surface area contributed by atoms with E-state index in [9.17, 15) is 4.39 Å². The third-order valence-electron chi connectivity index (χ3n) is 1.94. The summed E-state index contributed by atoms with van der Waals surface area (Å²) in [4.78, 5) is 0. The fourth-order valence-electron chi connectivity index (χ4n) is 1.00. The topological polar surface area (TPSA) is 9.23 Å². The van der Waals surface area contributed by atoms with Crippen molar-refractivity contribution in [2.45, 2.75) is 12.8 Å². The molecule has 0 heterocycles. The Labute approximate surface area is 71.2 Å². The van der Waals surface area contributed by atoms with Gasteiger partial charge < -0.3 is 4.74 Å². The van der Waals surface area contributed by atoms with Gasteiger partial charge in [-0.25, -0.2) is 4.39 Å². The second kappa shape index (κ2) is 3.13. The summed E-state index contributed by atoms with van der Waals surface area (Å²) in [5.41, 5.74) is 0. The highest BCUT2D eigenvalue weighted by atomic mass is 19.1. The van der Waals surface area contributed by atoms with Crippen LogP contribution < -0.4 is 4.74 Å². The third-order valence-corrected chi connectivity index (χ3v) is 1.94. The van der Waals surface area contributed by atoms with Crippen molar-refractivity contribution in [3.8, 4) is 5.75 Å². The molecule has 2 rings (SSSR count). The van der Waals surface area contributed by atoms with E-state index < -0.39 is 5.82 Å². The highest BCUT2D eigenvalue weighted by Gasteiger charge is 2.22. The molecule has 0 bridgehead atoms. The smallest absolute Gasteiger partial charge is 0.172 e. The molecule has 1 aliphatic carbocycles. The van der Waals surface area contributed by atoms with Crippen molar-refractivity contribution in [2.24, 2.45) is 5.92 Å². The molecule has 63 valence electrons. The number of benzene rings is 1. The summed E-state index contributed by atoms with van der Waals surface area (Å²) in [6, 6.07) is 7.35. The summed E-state index contributed by atoms with van der Waals surface area (Å²) in [5.74, 6) is 0.590. The highest BCUT2D eigenvalue weighted by Crippen LogP contribution is 2.29. The molecule has 0 unspecified atom stereocenters. The lowest BCUT2D eigenvalue weighted by Gasteiger charge is -2.04. The third kappa shape index (κ3) is 1.76. The van der Waals surface area contributed by atoms with Crippen molar-refractivity contribution < 1.29 is 9.13 Å². The summed E-state index contributed by atoms with van der Waals surface area (Å²) in [6.07, 6.45) is 2.44. The lowest BCUT2D eigenvalue weighted by Crippen LogP contribution is -2.00. The Bertz CT molecular complexity index is 268. The van der Waals surface area contributed by atoms with Crippen LogP contribution >= 0.6 is 0 Å². The van der Waals surface area contributed by atoms with Crippen molar-refractivity contribution in [3.63, 3.8) is 0 Å². The van der Waals surface area contributed by atoms with Crippen LogP contribution in [0.4, 0.5) is 4.39 Å². The van der Waals surface area contributed by atoms with Crippen LogP contribution in [0.25, 0.3) is 0 Å². The van der Waals surface area contributed by atoms with Gasteiger partial charge in [0.1, 0.15) is 0 Å². The highest BCUT2D eigenvalue weighted by molar-refractivity contribution is 5.22. The van der Waals surface area contributed by atoms with E-state index in [1.807, 2.05) is 0 Å². The first-order valence-electron chi connectivity index (χ1n) is 4.15. The van der Waals surface area contributed by atoms with Gasteiger partial charge in [-0.15, -0.1) is 0 Å². The van der Waals surface area contributed by atoms with Crippen molar-refractivity contribution in [1.82, 2.24) is 0 Å². The molecule has 0 amide bonds. The minimum atomic E-state index is -0.391. The maximum Gasteiger partial charge on any atom is 0.172 e. The van der Waals surface area contributed by atoms with Crippen LogP contribution in [-0.2, 0) is 0 Å². The molecule has 2 heteroatoms. The maximum atomic E-state index is 12.9. The Hall–Kier alpha value is -1.05. The van der Waals surface area contributed by atoms with E-state index in [2.05, 4.69) is 6.07 Å². The second-order valence-corrected chi connectivity index (χ2v) is 3.10. The minimum Gasteiger partial charge on any atom is -0.490 e. The first-order chi connectivity index (χ1) is 5.86. The van der Waals surface area contributed by atoms with E-state index in [1.165, 1.54) is 12.8 Å². The molecule has 12 heavy (non-hydrogen) atoms. The minimum absolute atomic E-state index is 0.324. The molecule has 1 aromatic rings. The van der Waals surface area contributed by atoms with Gasteiger partial charge in [0.2, 0.25) is 0 Å². The Balaban J connectivity index is 1.96. The monoisotopic (exact) mass is 165 g/mol. The Kier molecular flexibility index (Phi) is 1.98. The molecule has 1 nitrogen and oxygen atoms in total. The average molecular weight is 165 g/mol. The summed E-state index contributed by atoms with van der Waals surface area (Å²) >= 11 is 0. The zero-order valence-electron chi connectivity index (χ0n) is 6.72. The Morgan fingerprint density at radius 2 is 2.42 bits per heavy atom. The van der Waals surface area contributed by atoms with Gasteiger partial charge in [-0.1, -0.05) is 12.1 Å². The van der Waals surface area contributed by atoms with Crippen LogP contribution in [0, 0.1) is 17.8 Å². The van der Waals surface area contributed by atoms with Crippen molar-refractivity contribution in [2.75, 3.05) is 6.61 Å². The number of hydrogen-bond acceptors (Lipinski definition) is 1. The molecule has 0 aromatic heterocycles. The first kappa shape index (κ1) is 7.59. The predicted molar refractivity (Wildman–Crippen MR) is 43.5 cm³/mol. The molecular formula is C10H10FO. The van der Waals surface area contributed by atoms with Gasteiger partial charge in [-0.3, -0.25) is 0 Å². The van der Waals surface area contributed by atoms with E-state index in [4.69, 9.17) is 4.74 Å². The quantitative estimate of drug-likeness (QED) is 0.668. The van der Waals surface area contributed by atoms with E-state index in [-0.39, 0.29) is 0 Å². The summed E-state index contributed by atoms with van der Waals surface area (Å²) in [6.45, 7) is 0.648. The van der Waals surface area contributed by atoms with Crippen LogP contribution in [0.2, 0.25) is 0 Å². The Morgan fingerprint density at radius 3 is 3.08 bits per heavy atom. The summed E-state index contributed by atoms with van der Waals surface area (Å²) < 4.78 is 18.1. The largest absolute Gasteiger partial charge is 0.490 e. The lowest BCUT2D eigenvalue weighted by molar-refractivity contribution is 0.285. The van der Waals surface area contributed by atoms with Gasteiger partial charge in [0.05, 0.1) is 6.61 Å². The fourth-order valence-corrected chi connectivity index (χ4v) is 1.00. The van der Waals surface area contributed by atoms with Gasteiger partial charge in [-0.05, 0) is 24.8 Å². The molecular weight excluding hydrogens is 155 g/mol. The fraction of sp³-hybridized carbons (Fsp3) is 0.400. The van der Waals surface area contributed by atoms with Crippen LogP contribution in [-0.4, -0.2) is 6.61 Å². The van der Waals surface area contributed by atoms with E-state index in [0.717, 1.165) is 0 Å². The molecule has 1 radical (unpaired) electrons. The van der Waals surface area contributed by atoms with Gasteiger partial charge >= 0.3 is 0 Å². The van der Waals surface area contributed by atoms with Gasteiger partial charge in [0.15, 0.2) is 11.6 Å². The molecule has 0 saturated heterocycles. The summed E-state index contributed by atoms with van der Waals surface area (Å²) in [5, 5.41) is 0. The van der Waals surface area contributed by atoms with E-state index in [1.54, 1.807) is 18.2 Å². The zero-order valence-corrected chi connectivity index (χ0v) is 6.72. The van der Waals surface area contributed by atoms with E-state index in [0.29, 0.717) is 18.3 Å². The van der Waals surface area contributed by atoms with Crippen LogP contribution in [0.15, 0.2) is 18.2 Å². The zero-order chi connectivity index (χ0) is 8.39. The number of hydrogen-bond donors (Lipinski definition) is 0. The molecule has 1 fully saturated rings. The molecule has 1 aromatic carbocycles. The summed E-state index contributed by atoms with van der Waals surface area (Å²) in [7, 11) is 0. The van der Waals surface area contributed by atoms with Gasteiger partial charge in [0, 0.05) is 6.07 Å². The average Bonchev–Trinajstić information content (AvgIpc) is 2.86. The SMILES string of the molecule is Fc1[c]cccc1OCC1CC1. The second-order valence-electron chi connectivity index (χ2n) is 3.10. The molecule has 0 N–H and O–H groups in total. The Morgan fingerprint density at radius 1 is 1.58 bits per heavy atom. The number of rotatable bonds is 3. The standard InChI is InChI=1S/C10H10FO/c11-9-3-1-2-4-10(9)12-7-8-5-6-8/h1-2,4,8H,5-7H2. The van der Waals surface area contributed by atoms with Crippen LogP contribution in [0.1, 0.15) is 12.8 Å². The van der Waals surface area contributed by atoms with Crippen LogP contribution in [0.5, 0.6) is 5.75 Å². The number of halogens is 1. The van der Waals surface area contributed by atoms with Gasteiger partial charge in [-0.2, -0.15) is 0 Å². The van der Waals surface area contributed by atoms with Gasteiger partial charge in [0.25, 0.3) is 0 Å². The van der Waals surface area contributed by atoms with Crippen LogP contribution in [0.3, 0.4) is 0 Å². The predicted octanol–water partition coefficient (Wildman–Crippen LogP) is 2.41. The lowest BCUT2D eigenvalue weighted by atomic mass is 10.3. The van der Waals surface area contributed by atoms with Crippen molar-refractivity contribution in [1.29, 1.82) is 0 Å². The number of ether oxygens (including phenoxy) is 1. The molecule has 1 saturated carbocycles. The normalized spacial score (nSPS) is 16.1. The molecule has 0 atom stereocenters. The van der Waals surface area contributed by atoms with Crippen molar-refractivity contribution >= 4 is 0 Å². The molecule has 1 aliphatic rings. The molecule has 0 aliphatic heterocycles.